The number of aliphatic hydroxyl groups excluding tert-OH is 1. The molecule has 2 aromatic rings. The summed E-state index contributed by atoms with van der Waals surface area (Å²) < 4.78 is 10.6. The zero-order chi connectivity index (χ0) is 14.9. The molecule has 0 saturated heterocycles. The predicted octanol–water partition coefficient (Wildman–Crippen LogP) is 2.35. The molecule has 0 aromatic carbocycles. The van der Waals surface area contributed by atoms with Crippen LogP contribution in [-0.2, 0) is 17.8 Å². The van der Waals surface area contributed by atoms with Crippen LogP contribution in [0.3, 0.4) is 0 Å². The van der Waals surface area contributed by atoms with Gasteiger partial charge in [-0.1, -0.05) is 5.92 Å². The second-order valence-corrected chi connectivity index (χ2v) is 5.53. The molecule has 2 rings (SSSR count). The molecule has 0 aliphatic rings. The van der Waals surface area contributed by atoms with Crippen LogP contribution < -0.4 is 0 Å². The lowest BCUT2D eigenvalue weighted by Crippen LogP contribution is -2.34. The highest BCUT2D eigenvalue weighted by atomic mass is 32.1. The van der Waals surface area contributed by atoms with Gasteiger partial charge in [-0.3, -0.25) is 4.90 Å². The van der Waals surface area contributed by atoms with E-state index in [1.807, 2.05) is 17.5 Å². The van der Waals surface area contributed by atoms with Gasteiger partial charge in [0, 0.05) is 13.1 Å². The number of thiophene rings is 1. The van der Waals surface area contributed by atoms with Gasteiger partial charge in [-0.05, 0) is 34.5 Å². The molecule has 0 spiro atoms. The molecule has 112 valence electrons. The quantitative estimate of drug-likeness (QED) is 0.570. The monoisotopic (exact) mass is 305 g/mol. The molecule has 0 aliphatic heterocycles. The number of terminal acetylenes is 1. The lowest BCUT2D eigenvalue weighted by atomic mass is 10.2. The molecule has 0 bridgehead atoms. The van der Waals surface area contributed by atoms with E-state index in [1.54, 1.807) is 17.6 Å². The third-order valence-electron chi connectivity index (χ3n) is 2.91. The summed E-state index contributed by atoms with van der Waals surface area (Å²) in [5.41, 5.74) is 1.23. The van der Waals surface area contributed by atoms with Crippen molar-refractivity contribution in [2.24, 2.45) is 0 Å². The van der Waals surface area contributed by atoms with E-state index in [-0.39, 0.29) is 13.2 Å². The molecule has 0 amide bonds. The van der Waals surface area contributed by atoms with E-state index in [0.29, 0.717) is 13.1 Å². The van der Waals surface area contributed by atoms with Crippen molar-refractivity contribution in [1.29, 1.82) is 0 Å². The van der Waals surface area contributed by atoms with Crippen molar-refractivity contribution >= 4 is 11.3 Å². The molecule has 0 saturated carbocycles. The van der Waals surface area contributed by atoms with Gasteiger partial charge in [0.2, 0.25) is 0 Å². The number of aliphatic hydroxyl groups is 1. The minimum Gasteiger partial charge on any atom is -0.468 e. The van der Waals surface area contributed by atoms with Crippen molar-refractivity contribution in [1.82, 2.24) is 4.90 Å². The van der Waals surface area contributed by atoms with Crippen LogP contribution in [0.15, 0.2) is 39.6 Å². The molecule has 1 atom stereocenters. The standard InChI is InChI=1S/C16H19NO3S/c1-2-6-19-12-15(18)10-17(9-14-5-8-21-13-14)11-16-4-3-7-20-16/h1,3-5,7-8,13,15,18H,6,9-12H2/t15-/m1/s1. The third kappa shape index (κ3) is 5.74. The maximum atomic E-state index is 10.0. The van der Waals surface area contributed by atoms with E-state index in [2.05, 4.69) is 22.3 Å². The fourth-order valence-corrected chi connectivity index (χ4v) is 2.71. The summed E-state index contributed by atoms with van der Waals surface area (Å²) >= 11 is 1.67. The van der Waals surface area contributed by atoms with Crippen molar-refractivity contribution in [3.8, 4) is 12.3 Å². The smallest absolute Gasteiger partial charge is 0.117 e. The largest absolute Gasteiger partial charge is 0.468 e. The summed E-state index contributed by atoms with van der Waals surface area (Å²) in [7, 11) is 0. The average Bonchev–Trinajstić information content (AvgIpc) is 3.12. The summed E-state index contributed by atoms with van der Waals surface area (Å²) in [6.45, 7) is 2.37. The number of hydrogen-bond donors (Lipinski definition) is 1. The molecule has 2 aromatic heterocycles. The molecule has 0 unspecified atom stereocenters. The van der Waals surface area contributed by atoms with Crippen LogP contribution in [0.5, 0.6) is 0 Å². The SMILES string of the molecule is C#CCOC[C@H](O)CN(Cc1ccsc1)Cc1ccco1. The zero-order valence-corrected chi connectivity index (χ0v) is 12.6. The van der Waals surface area contributed by atoms with Gasteiger partial charge in [-0.25, -0.2) is 0 Å². The first kappa shape index (κ1) is 15.8. The van der Waals surface area contributed by atoms with Gasteiger partial charge < -0.3 is 14.3 Å². The summed E-state index contributed by atoms with van der Waals surface area (Å²) in [6.07, 6.45) is 6.20. The molecule has 5 heteroatoms. The molecule has 21 heavy (non-hydrogen) atoms. The summed E-state index contributed by atoms with van der Waals surface area (Å²) in [6, 6.07) is 5.88. The molecule has 4 nitrogen and oxygen atoms in total. The summed E-state index contributed by atoms with van der Waals surface area (Å²) in [4.78, 5) is 2.13. The Kier molecular flexibility index (Phi) is 6.51. The van der Waals surface area contributed by atoms with Crippen LogP contribution in [-0.4, -0.2) is 35.9 Å². The van der Waals surface area contributed by atoms with Crippen LogP contribution in [0, 0.1) is 12.3 Å². The average molecular weight is 305 g/mol. The van der Waals surface area contributed by atoms with Crippen molar-refractivity contribution in [2.45, 2.75) is 19.2 Å². The first-order valence-electron chi connectivity index (χ1n) is 6.73. The maximum absolute atomic E-state index is 10.0. The summed E-state index contributed by atoms with van der Waals surface area (Å²) in [5, 5.41) is 14.2. The first-order valence-corrected chi connectivity index (χ1v) is 7.67. The minimum absolute atomic E-state index is 0.222. The second-order valence-electron chi connectivity index (χ2n) is 4.75. The maximum Gasteiger partial charge on any atom is 0.117 e. The minimum atomic E-state index is -0.577. The predicted molar refractivity (Wildman–Crippen MR) is 82.8 cm³/mol. The second kappa shape index (κ2) is 8.65. The van der Waals surface area contributed by atoms with Crippen LogP contribution in [0.2, 0.25) is 0 Å². The number of ether oxygens (including phenoxy) is 1. The Morgan fingerprint density at radius 1 is 1.43 bits per heavy atom. The topological polar surface area (TPSA) is 45.8 Å². The fourth-order valence-electron chi connectivity index (χ4n) is 2.05. The number of nitrogens with zero attached hydrogens (tertiary/aromatic N) is 1. The Bertz CT molecular complexity index is 494. The van der Waals surface area contributed by atoms with E-state index in [9.17, 15) is 5.11 Å². The Labute approximate surface area is 129 Å². The van der Waals surface area contributed by atoms with Crippen molar-refractivity contribution in [2.75, 3.05) is 19.8 Å². The van der Waals surface area contributed by atoms with Gasteiger partial charge in [0.15, 0.2) is 0 Å². The van der Waals surface area contributed by atoms with Gasteiger partial charge in [0.25, 0.3) is 0 Å². The Morgan fingerprint density at radius 3 is 3.00 bits per heavy atom. The highest BCUT2D eigenvalue weighted by Crippen LogP contribution is 2.13. The van der Waals surface area contributed by atoms with Crippen molar-refractivity contribution in [3.63, 3.8) is 0 Å². The molecule has 0 aliphatic carbocycles. The van der Waals surface area contributed by atoms with Gasteiger partial charge in [-0.2, -0.15) is 11.3 Å². The molecular formula is C16H19NO3S. The van der Waals surface area contributed by atoms with E-state index in [1.165, 1.54) is 5.56 Å². The van der Waals surface area contributed by atoms with Crippen LogP contribution >= 0.6 is 11.3 Å². The third-order valence-corrected chi connectivity index (χ3v) is 3.64. The molecule has 2 heterocycles. The number of hydrogen-bond acceptors (Lipinski definition) is 5. The van der Waals surface area contributed by atoms with Crippen molar-refractivity contribution < 1.29 is 14.3 Å². The van der Waals surface area contributed by atoms with Crippen molar-refractivity contribution in [3.05, 3.63) is 46.5 Å². The zero-order valence-electron chi connectivity index (χ0n) is 11.8. The van der Waals surface area contributed by atoms with Crippen LogP contribution in [0.25, 0.3) is 0 Å². The van der Waals surface area contributed by atoms with Crippen LogP contribution in [0.4, 0.5) is 0 Å². The normalized spacial score (nSPS) is 12.4. The van der Waals surface area contributed by atoms with Gasteiger partial charge in [-0.15, -0.1) is 6.42 Å². The summed E-state index contributed by atoms with van der Waals surface area (Å²) in [5.74, 6) is 3.27. The van der Waals surface area contributed by atoms with Gasteiger partial charge >= 0.3 is 0 Å². The molecule has 0 radical (unpaired) electrons. The lowest BCUT2D eigenvalue weighted by molar-refractivity contribution is 0.0230. The highest BCUT2D eigenvalue weighted by molar-refractivity contribution is 7.07. The number of furan rings is 1. The molecule has 0 fully saturated rings. The Balaban J connectivity index is 1.89. The van der Waals surface area contributed by atoms with E-state index in [4.69, 9.17) is 15.6 Å². The Morgan fingerprint density at radius 2 is 2.33 bits per heavy atom. The van der Waals surface area contributed by atoms with Gasteiger partial charge in [0.1, 0.15) is 12.4 Å². The lowest BCUT2D eigenvalue weighted by Gasteiger charge is -2.23. The van der Waals surface area contributed by atoms with Crippen LogP contribution in [0.1, 0.15) is 11.3 Å². The first-order chi connectivity index (χ1) is 10.3. The van der Waals surface area contributed by atoms with E-state index >= 15 is 0 Å². The highest BCUT2D eigenvalue weighted by Gasteiger charge is 2.14. The van der Waals surface area contributed by atoms with E-state index in [0.717, 1.165) is 12.3 Å². The Hall–Kier alpha value is -1.58. The fraction of sp³-hybridized carbons (Fsp3) is 0.375. The molecule has 1 N–H and O–H groups in total. The van der Waals surface area contributed by atoms with E-state index < -0.39 is 6.10 Å². The number of rotatable bonds is 9. The van der Waals surface area contributed by atoms with Gasteiger partial charge in [0.05, 0.1) is 25.5 Å². The molecular weight excluding hydrogens is 286 g/mol.